The minimum Gasteiger partial charge on any atom is -0.323 e. The van der Waals surface area contributed by atoms with Gasteiger partial charge in [-0.25, -0.2) is 4.98 Å². The maximum atomic E-state index is 12.4. The molecule has 0 atom stereocenters. The van der Waals surface area contributed by atoms with Crippen LogP contribution in [-0.2, 0) is 11.3 Å². The molecule has 0 spiro atoms. The van der Waals surface area contributed by atoms with Crippen LogP contribution in [0.3, 0.4) is 0 Å². The monoisotopic (exact) mass is 405 g/mol. The number of carbonyl (C=O) groups is 1. The van der Waals surface area contributed by atoms with Gasteiger partial charge in [-0.05, 0) is 54.4 Å². The van der Waals surface area contributed by atoms with Crippen molar-refractivity contribution in [2.45, 2.75) is 18.5 Å². The molecule has 0 aliphatic heterocycles. The second kappa shape index (κ2) is 8.48. The van der Waals surface area contributed by atoms with Gasteiger partial charge in [0.1, 0.15) is 6.54 Å². The van der Waals surface area contributed by atoms with Gasteiger partial charge >= 0.3 is 0 Å². The van der Waals surface area contributed by atoms with Crippen molar-refractivity contribution in [3.05, 3.63) is 52.4 Å². The average molecular weight is 406 g/mol. The summed E-state index contributed by atoms with van der Waals surface area (Å²) in [5, 5.41) is 11.3. The number of aromatic nitrogens is 4. The van der Waals surface area contributed by atoms with Gasteiger partial charge in [-0.2, -0.15) is 5.10 Å². The van der Waals surface area contributed by atoms with Gasteiger partial charge in [0.25, 0.3) is 0 Å². The van der Waals surface area contributed by atoms with Crippen LogP contribution in [0.1, 0.15) is 6.92 Å². The molecule has 6 nitrogen and oxygen atoms in total. The maximum Gasteiger partial charge on any atom is 0.244 e. The molecule has 0 radical (unpaired) electrons. The Balaban J connectivity index is 1.74. The van der Waals surface area contributed by atoms with E-state index < -0.39 is 0 Å². The van der Waals surface area contributed by atoms with Gasteiger partial charge in [0.2, 0.25) is 5.91 Å². The van der Waals surface area contributed by atoms with E-state index in [4.69, 9.17) is 23.8 Å². The highest BCUT2D eigenvalue weighted by Crippen LogP contribution is 2.20. The lowest BCUT2D eigenvalue weighted by atomic mass is 10.2. The lowest BCUT2D eigenvalue weighted by Crippen LogP contribution is -2.19. The number of hydrogen-bond acceptors (Lipinski definition) is 5. The van der Waals surface area contributed by atoms with Crippen molar-refractivity contribution in [3.8, 4) is 11.4 Å². The standard InChI is InChI=1S/C17H16ClN5OS2/c1-2-26-15-8-7-13(9-19-15)20-14(24)10-23-16(21-22-17(23)25)11-3-5-12(18)6-4-11/h3-9H,2,10H2,1H3,(H,20,24)(H,22,25). The Bertz CT molecular complexity index is 951. The highest BCUT2D eigenvalue weighted by atomic mass is 35.5. The van der Waals surface area contributed by atoms with Crippen LogP contribution in [0.4, 0.5) is 5.69 Å². The molecule has 0 bridgehead atoms. The highest BCUT2D eigenvalue weighted by molar-refractivity contribution is 7.99. The van der Waals surface area contributed by atoms with Crippen LogP contribution in [-0.4, -0.2) is 31.4 Å². The Hall–Kier alpha value is -2.16. The molecule has 3 rings (SSSR count). The first kappa shape index (κ1) is 18.6. The summed E-state index contributed by atoms with van der Waals surface area (Å²) in [6, 6.07) is 10.9. The van der Waals surface area contributed by atoms with Crippen LogP contribution in [0, 0.1) is 4.77 Å². The van der Waals surface area contributed by atoms with Crippen LogP contribution in [0.5, 0.6) is 0 Å². The predicted molar refractivity (Wildman–Crippen MR) is 107 cm³/mol. The lowest BCUT2D eigenvalue weighted by molar-refractivity contribution is -0.116. The van der Waals surface area contributed by atoms with Gasteiger partial charge in [0.15, 0.2) is 10.6 Å². The second-order valence-electron chi connectivity index (χ2n) is 5.31. The molecule has 0 saturated heterocycles. The Kier molecular flexibility index (Phi) is 6.08. The quantitative estimate of drug-likeness (QED) is 0.469. The first-order valence-electron chi connectivity index (χ1n) is 7.86. The lowest BCUT2D eigenvalue weighted by Gasteiger charge is -2.08. The van der Waals surface area contributed by atoms with Gasteiger partial charge in [-0.3, -0.25) is 14.5 Å². The molecule has 1 amide bonds. The molecule has 2 aromatic heterocycles. The highest BCUT2D eigenvalue weighted by Gasteiger charge is 2.13. The fraction of sp³-hybridized carbons (Fsp3) is 0.176. The fourth-order valence-electron chi connectivity index (χ4n) is 2.32. The van der Waals surface area contributed by atoms with E-state index in [2.05, 4.69) is 27.4 Å². The van der Waals surface area contributed by atoms with Crippen molar-refractivity contribution in [2.24, 2.45) is 0 Å². The zero-order valence-electron chi connectivity index (χ0n) is 13.9. The van der Waals surface area contributed by atoms with Crippen LogP contribution in [0.25, 0.3) is 11.4 Å². The van der Waals surface area contributed by atoms with Crippen molar-refractivity contribution in [3.63, 3.8) is 0 Å². The first-order chi connectivity index (χ1) is 12.6. The SMILES string of the molecule is CCSc1ccc(NC(=O)Cn2c(-c3ccc(Cl)cc3)n[nH]c2=S)cn1. The van der Waals surface area contributed by atoms with Crippen molar-refractivity contribution >= 4 is 47.2 Å². The van der Waals surface area contributed by atoms with E-state index in [-0.39, 0.29) is 12.5 Å². The van der Waals surface area contributed by atoms with Crippen molar-refractivity contribution in [1.82, 2.24) is 19.7 Å². The third kappa shape index (κ3) is 4.51. The Morgan fingerprint density at radius 2 is 2.08 bits per heavy atom. The molecule has 0 aliphatic carbocycles. The molecule has 0 unspecified atom stereocenters. The summed E-state index contributed by atoms with van der Waals surface area (Å²) in [6.07, 6.45) is 1.64. The summed E-state index contributed by atoms with van der Waals surface area (Å²) in [4.78, 5) is 16.7. The summed E-state index contributed by atoms with van der Waals surface area (Å²) in [5.74, 6) is 1.32. The third-order valence-electron chi connectivity index (χ3n) is 3.47. The summed E-state index contributed by atoms with van der Waals surface area (Å²) in [6.45, 7) is 2.10. The number of nitrogens with one attached hydrogen (secondary N) is 2. The van der Waals surface area contributed by atoms with Gasteiger partial charge in [0.05, 0.1) is 16.9 Å². The number of anilines is 1. The number of rotatable bonds is 6. The molecular weight excluding hydrogens is 390 g/mol. The van der Waals surface area contributed by atoms with E-state index >= 15 is 0 Å². The van der Waals surface area contributed by atoms with E-state index in [1.807, 2.05) is 24.3 Å². The molecule has 0 fully saturated rings. The number of carbonyl (C=O) groups excluding carboxylic acids is 1. The van der Waals surface area contributed by atoms with E-state index in [1.165, 1.54) is 0 Å². The number of H-pyrrole nitrogens is 1. The van der Waals surface area contributed by atoms with E-state index in [9.17, 15) is 4.79 Å². The summed E-state index contributed by atoms with van der Waals surface area (Å²) >= 11 is 12.8. The summed E-state index contributed by atoms with van der Waals surface area (Å²) < 4.78 is 2.01. The molecular formula is C17H16ClN5OS2. The third-order valence-corrected chi connectivity index (χ3v) is 4.86. The largest absolute Gasteiger partial charge is 0.323 e. The number of thioether (sulfide) groups is 1. The van der Waals surface area contributed by atoms with Crippen LogP contribution < -0.4 is 5.32 Å². The van der Waals surface area contributed by atoms with Crippen LogP contribution >= 0.6 is 35.6 Å². The van der Waals surface area contributed by atoms with Crippen molar-refractivity contribution in [1.29, 1.82) is 0 Å². The minimum atomic E-state index is -0.213. The van der Waals surface area contributed by atoms with E-state index in [0.717, 1.165) is 16.3 Å². The van der Waals surface area contributed by atoms with Gasteiger partial charge in [-0.15, -0.1) is 11.8 Å². The summed E-state index contributed by atoms with van der Waals surface area (Å²) in [7, 11) is 0. The molecule has 1 aromatic carbocycles. The topological polar surface area (TPSA) is 75.6 Å². The zero-order valence-corrected chi connectivity index (χ0v) is 16.3. The summed E-state index contributed by atoms with van der Waals surface area (Å²) in [5.41, 5.74) is 1.45. The van der Waals surface area contributed by atoms with Gasteiger partial charge in [0, 0.05) is 10.6 Å². The Morgan fingerprint density at radius 1 is 1.31 bits per heavy atom. The van der Waals surface area contributed by atoms with Gasteiger partial charge in [-0.1, -0.05) is 18.5 Å². The number of hydrogen-bond donors (Lipinski definition) is 2. The normalized spacial score (nSPS) is 10.7. The van der Waals surface area contributed by atoms with Crippen LogP contribution in [0.15, 0.2) is 47.6 Å². The molecule has 2 N–H and O–H groups in total. The van der Waals surface area contributed by atoms with E-state index in [0.29, 0.717) is 21.3 Å². The number of pyridine rings is 1. The van der Waals surface area contributed by atoms with Crippen molar-refractivity contribution in [2.75, 3.05) is 11.1 Å². The first-order valence-corrected chi connectivity index (χ1v) is 9.64. The minimum absolute atomic E-state index is 0.0404. The number of benzene rings is 1. The Morgan fingerprint density at radius 3 is 2.73 bits per heavy atom. The van der Waals surface area contributed by atoms with Crippen LogP contribution in [0.2, 0.25) is 5.02 Å². The molecule has 0 aliphatic rings. The number of nitrogens with zero attached hydrogens (tertiary/aromatic N) is 3. The smallest absolute Gasteiger partial charge is 0.244 e. The average Bonchev–Trinajstić information content (AvgIpc) is 2.98. The van der Waals surface area contributed by atoms with E-state index in [1.54, 1.807) is 34.7 Å². The molecule has 134 valence electrons. The molecule has 0 saturated carbocycles. The number of amides is 1. The maximum absolute atomic E-state index is 12.4. The predicted octanol–water partition coefficient (Wildman–Crippen LogP) is 4.41. The van der Waals surface area contributed by atoms with Gasteiger partial charge < -0.3 is 5.32 Å². The second-order valence-corrected chi connectivity index (χ2v) is 7.42. The fourth-order valence-corrected chi connectivity index (χ4v) is 3.23. The number of aromatic amines is 1. The molecule has 26 heavy (non-hydrogen) atoms. The number of halogens is 1. The zero-order chi connectivity index (χ0) is 18.5. The molecule has 9 heteroatoms. The molecule has 2 heterocycles. The Labute approximate surface area is 165 Å². The molecule has 3 aromatic rings. The van der Waals surface area contributed by atoms with Crippen molar-refractivity contribution < 1.29 is 4.79 Å².